The molecule has 0 aliphatic carbocycles. The second kappa shape index (κ2) is 4.44. The van der Waals surface area contributed by atoms with E-state index in [2.05, 4.69) is 4.98 Å². The number of primary amides is 1. The van der Waals surface area contributed by atoms with Gasteiger partial charge >= 0.3 is 0 Å². The van der Waals surface area contributed by atoms with E-state index < -0.39 is 5.91 Å². The molecule has 2 N–H and O–H groups in total. The molecular formula is C12H11N3O. The zero-order valence-corrected chi connectivity index (χ0v) is 8.58. The number of nitrogens with two attached hydrogens (primary N) is 1. The first-order valence-electron chi connectivity index (χ1n) is 4.83. The average Bonchev–Trinajstić information content (AvgIpc) is 2.38. The molecule has 0 spiro atoms. The largest absolute Gasteiger partial charge is 0.364 e. The fraction of sp³-hybridized carbons (Fsp3) is 0. The molecule has 16 heavy (non-hydrogen) atoms. The number of aromatic nitrogens is 2. The number of carbonyl (C=O) groups is 1. The van der Waals surface area contributed by atoms with Gasteiger partial charge in [0.15, 0.2) is 0 Å². The third kappa shape index (κ3) is 2.17. The third-order valence-electron chi connectivity index (χ3n) is 2.12. The Morgan fingerprint density at radius 1 is 1.12 bits per heavy atom. The second-order valence-electron chi connectivity index (χ2n) is 3.24. The molecule has 2 aromatic heterocycles. The minimum absolute atomic E-state index is 0.238. The van der Waals surface area contributed by atoms with Crippen molar-refractivity contribution in [1.29, 1.82) is 0 Å². The summed E-state index contributed by atoms with van der Waals surface area (Å²) in [5.41, 5.74) is 6.30. The maximum Gasteiger partial charge on any atom is 0.267 e. The summed E-state index contributed by atoms with van der Waals surface area (Å²) in [5, 5.41) is 0. The quantitative estimate of drug-likeness (QED) is 0.781. The molecule has 2 rings (SSSR count). The number of rotatable bonds is 1. The van der Waals surface area contributed by atoms with E-state index in [-0.39, 0.29) is 5.69 Å². The fourth-order valence-corrected chi connectivity index (χ4v) is 1.33. The van der Waals surface area contributed by atoms with Gasteiger partial charge in [-0.05, 0) is 24.3 Å². The van der Waals surface area contributed by atoms with Gasteiger partial charge in [0, 0.05) is 12.4 Å². The van der Waals surface area contributed by atoms with Crippen molar-refractivity contribution >= 4 is 11.4 Å². The van der Waals surface area contributed by atoms with Crippen LogP contribution in [0.3, 0.4) is 0 Å². The summed E-state index contributed by atoms with van der Waals surface area (Å²) in [6.07, 6.45) is 5.39. The van der Waals surface area contributed by atoms with E-state index in [1.165, 1.54) is 0 Å². The van der Waals surface area contributed by atoms with E-state index in [1.807, 2.05) is 41.1 Å². The molecule has 1 amide bonds. The lowest BCUT2D eigenvalue weighted by atomic mass is 10.4. The van der Waals surface area contributed by atoms with E-state index >= 15 is 0 Å². The Kier molecular flexibility index (Phi) is 2.82. The van der Waals surface area contributed by atoms with E-state index in [0.29, 0.717) is 0 Å². The number of amides is 1. The maximum absolute atomic E-state index is 11.0. The molecule has 0 radical (unpaired) electrons. The smallest absolute Gasteiger partial charge is 0.267 e. The number of hydrogen-bond donors (Lipinski definition) is 1. The van der Waals surface area contributed by atoms with Crippen molar-refractivity contribution in [3.05, 3.63) is 60.7 Å². The van der Waals surface area contributed by atoms with Gasteiger partial charge < -0.3 is 10.1 Å². The van der Waals surface area contributed by atoms with Crippen LogP contribution >= 0.6 is 0 Å². The highest BCUT2D eigenvalue weighted by atomic mass is 16.1. The molecular weight excluding hydrogens is 202 g/mol. The zero-order chi connectivity index (χ0) is 11.4. The molecule has 4 heteroatoms. The molecule has 0 bridgehead atoms. The first-order chi connectivity index (χ1) is 7.77. The number of nitrogens with zero attached hydrogens (tertiary/aromatic N) is 2. The third-order valence-corrected chi connectivity index (χ3v) is 2.12. The van der Waals surface area contributed by atoms with Crippen LogP contribution in [0.15, 0.2) is 55.0 Å². The van der Waals surface area contributed by atoms with Gasteiger partial charge in [0.2, 0.25) is 0 Å². The predicted molar refractivity (Wildman–Crippen MR) is 61.3 cm³/mol. The van der Waals surface area contributed by atoms with Crippen molar-refractivity contribution in [2.24, 2.45) is 5.73 Å². The first-order valence-corrected chi connectivity index (χ1v) is 4.83. The van der Waals surface area contributed by atoms with E-state index in [0.717, 1.165) is 5.52 Å². The summed E-state index contributed by atoms with van der Waals surface area (Å²) >= 11 is 0. The number of hydrogen-bond acceptors (Lipinski definition) is 2. The van der Waals surface area contributed by atoms with Crippen molar-refractivity contribution in [3.63, 3.8) is 0 Å². The van der Waals surface area contributed by atoms with Crippen LogP contribution < -0.4 is 5.73 Å². The molecule has 0 saturated heterocycles. The summed E-state index contributed by atoms with van der Waals surface area (Å²) in [5.74, 6) is -0.537. The van der Waals surface area contributed by atoms with Gasteiger partial charge in [0.05, 0.1) is 11.7 Å². The highest BCUT2D eigenvalue weighted by Gasteiger charge is 1.96. The monoisotopic (exact) mass is 213 g/mol. The minimum Gasteiger partial charge on any atom is -0.364 e. The summed E-state index contributed by atoms with van der Waals surface area (Å²) in [4.78, 5) is 15.1. The number of pyridine rings is 1. The Labute approximate surface area is 92.7 Å². The molecule has 0 fully saturated rings. The molecule has 4 nitrogen and oxygen atoms in total. The summed E-state index contributed by atoms with van der Waals surface area (Å²) in [6.45, 7) is 0. The molecule has 0 aliphatic rings. The van der Waals surface area contributed by atoms with E-state index in [4.69, 9.17) is 5.73 Å². The lowest BCUT2D eigenvalue weighted by Crippen LogP contribution is -2.11. The molecule has 0 atom stereocenters. The van der Waals surface area contributed by atoms with Crippen molar-refractivity contribution in [2.45, 2.75) is 0 Å². The highest BCUT2D eigenvalue weighted by molar-refractivity contribution is 5.90. The lowest BCUT2D eigenvalue weighted by Gasteiger charge is -1.94. The Hall–Kier alpha value is -2.36. The van der Waals surface area contributed by atoms with Gasteiger partial charge in [-0.1, -0.05) is 12.1 Å². The summed E-state index contributed by atoms with van der Waals surface area (Å²) < 4.78 is 1.90. The van der Waals surface area contributed by atoms with Gasteiger partial charge in [-0.25, -0.2) is 4.98 Å². The molecule has 0 saturated carbocycles. The van der Waals surface area contributed by atoms with Crippen LogP contribution in [-0.2, 0) is 0 Å². The van der Waals surface area contributed by atoms with Crippen LogP contribution in [0.5, 0.6) is 0 Å². The van der Waals surface area contributed by atoms with Crippen molar-refractivity contribution in [3.8, 4) is 0 Å². The number of fused-ring (bicyclic) bond motifs is 1. The van der Waals surface area contributed by atoms with Crippen LogP contribution in [0.25, 0.3) is 5.52 Å². The second-order valence-corrected chi connectivity index (χ2v) is 3.24. The van der Waals surface area contributed by atoms with Gasteiger partial charge in [-0.2, -0.15) is 0 Å². The standard InChI is InChI=1S/C12H11N3O/c13-12(16)11-6-2-4-8-15-7-3-1-5-10(15)9-14-11/h1-9H,(H2,13,16). The minimum atomic E-state index is -0.537. The fourth-order valence-electron chi connectivity index (χ4n) is 1.33. The van der Waals surface area contributed by atoms with Crippen LogP contribution in [0.1, 0.15) is 10.5 Å². The molecule has 0 aromatic carbocycles. The Bertz CT molecular complexity index is 573. The Balaban J connectivity index is 2.75. The van der Waals surface area contributed by atoms with E-state index in [1.54, 1.807) is 18.3 Å². The van der Waals surface area contributed by atoms with Crippen molar-refractivity contribution < 1.29 is 4.79 Å². The summed E-state index contributed by atoms with van der Waals surface area (Å²) in [6, 6.07) is 10.9. The van der Waals surface area contributed by atoms with Crippen LogP contribution in [0.2, 0.25) is 0 Å². The lowest BCUT2D eigenvalue weighted by molar-refractivity contribution is 0.0996. The average molecular weight is 213 g/mol. The Morgan fingerprint density at radius 2 is 1.81 bits per heavy atom. The van der Waals surface area contributed by atoms with Gasteiger partial charge in [-0.3, -0.25) is 4.79 Å². The van der Waals surface area contributed by atoms with Gasteiger partial charge in [0.25, 0.3) is 5.91 Å². The molecule has 2 aromatic rings. The van der Waals surface area contributed by atoms with Crippen molar-refractivity contribution in [2.75, 3.05) is 0 Å². The molecule has 2 heterocycles. The molecule has 0 aliphatic heterocycles. The van der Waals surface area contributed by atoms with Crippen LogP contribution in [0, 0.1) is 0 Å². The van der Waals surface area contributed by atoms with Crippen molar-refractivity contribution in [1.82, 2.24) is 9.38 Å². The Morgan fingerprint density at radius 3 is 2.50 bits per heavy atom. The number of carbonyl (C=O) groups excluding carboxylic acids is 1. The highest BCUT2D eigenvalue weighted by Crippen LogP contribution is 1.98. The predicted octanol–water partition coefficient (Wildman–Crippen LogP) is 1.56. The normalized spacial score (nSPS) is 9.75. The first kappa shape index (κ1) is 10.2. The topological polar surface area (TPSA) is 60.4 Å². The van der Waals surface area contributed by atoms with Gasteiger partial charge in [-0.15, -0.1) is 0 Å². The maximum atomic E-state index is 11.0. The molecule has 80 valence electrons. The van der Waals surface area contributed by atoms with Crippen LogP contribution in [-0.4, -0.2) is 15.3 Å². The SMILES string of the molecule is NC(=O)c1ccccn2ccccc2cn1. The van der Waals surface area contributed by atoms with E-state index in [9.17, 15) is 4.79 Å². The zero-order valence-electron chi connectivity index (χ0n) is 8.58. The summed E-state index contributed by atoms with van der Waals surface area (Å²) in [7, 11) is 0. The molecule has 0 unspecified atom stereocenters. The van der Waals surface area contributed by atoms with Gasteiger partial charge in [0.1, 0.15) is 5.69 Å². The van der Waals surface area contributed by atoms with Crippen LogP contribution in [0.4, 0.5) is 0 Å².